The molecule has 3 unspecified atom stereocenters. The molecule has 0 saturated heterocycles. The summed E-state index contributed by atoms with van der Waals surface area (Å²) >= 11 is 0. The number of amides is 2. The molecule has 3 aromatic rings. The number of ether oxygens (including phenoxy) is 1. The molecular formula is C29H34N4O5. The molecule has 1 aliphatic carbocycles. The molecule has 5 rings (SSSR count). The molecule has 0 spiro atoms. The highest BCUT2D eigenvalue weighted by Gasteiger charge is 2.36. The number of aryl methyl sites for hydroxylation is 1. The van der Waals surface area contributed by atoms with E-state index in [2.05, 4.69) is 9.88 Å². The number of carbonyl (C=O) groups is 3. The molecule has 9 nitrogen and oxygen atoms in total. The Morgan fingerprint density at radius 2 is 1.87 bits per heavy atom. The first-order valence-corrected chi connectivity index (χ1v) is 13.3. The summed E-state index contributed by atoms with van der Waals surface area (Å²) in [4.78, 5) is 43.9. The monoisotopic (exact) mass is 518 g/mol. The van der Waals surface area contributed by atoms with Crippen molar-refractivity contribution in [1.82, 2.24) is 14.9 Å². The largest absolute Gasteiger partial charge is 0.481 e. The van der Waals surface area contributed by atoms with Crippen LogP contribution in [0, 0.1) is 5.92 Å². The molecule has 2 heterocycles. The zero-order valence-corrected chi connectivity index (χ0v) is 22.0. The minimum Gasteiger partial charge on any atom is -0.481 e. The molecule has 9 heteroatoms. The van der Waals surface area contributed by atoms with E-state index < -0.39 is 24.0 Å². The van der Waals surface area contributed by atoms with Gasteiger partial charge in [0.15, 0.2) is 0 Å². The molecule has 200 valence electrons. The van der Waals surface area contributed by atoms with E-state index in [1.54, 1.807) is 4.90 Å². The van der Waals surface area contributed by atoms with Crippen LogP contribution >= 0.6 is 0 Å². The van der Waals surface area contributed by atoms with Gasteiger partial charge in [-0.1, -0.05) is 36.8 Å². The molecule has 38 heavy (non-hydrogen) atoms. The average Bonchev–Trinajstić information content (AvgIpc) is 3.31. The smallest absolute Gasteiger partial charge is 0.414 e. The predicted molar refractivity (Wildman–Crippen MR) is 143 cm³/mol. The summed E-state index contributed by atoms with van der Waals surface area (Å²) in [6, 6.07) is 13.0. The number of hydrogen-bond acceptors (Lipinski definition) is 5. The number of nitrogens with zero attached hydrogens (tertiary/aromatic N) is 3. The number of hydrogen-bond donors (Lipinski definition) is 2. The quantitative estimate of drug-likeness (QED) is 0.492. The maximum Gasteiger partial charge on any atom is 0.414 e. The van der Waals surface area contributed by atoms with Crippen molar-refractivity contribution in [3.63, 3.8) is 0 Å². The zero-order chi connectivity index (χ0) is 27.0. The van der Waals surface area contributed by atoms with Gasteiger partial charge in [0.25, 0.3) is 0 Å². The first-order chi connectivity index (χ1) is 18.3. The highest BCUT2D eigenvalue weighted by Crippen LogP contribution is 2.42. The number of fused-ring (bicyclic) bond motifs is 3. The fourth-order valence-corrected chi connectivity index (χ4v) is 6.15. The molecule has 0 bridgehead atoms. The Kier molecular flexibility index (Phi) is 7.10. The van der Waals surface area contributed by atoms with Crippen molar-refractivity contribution in [3.05, 3.63) is 59.4 Å². The summed E-state index contributed by atoms with van der Waals surface area (Å²) in [5.74, 6) is -0.711. The number of nitrogens with one attached hydrogen (secondary N) is 1. The van der Waals surface area contributed by atoms with E-state index >= 15 is 0 Å². The Morgan fingerprint density at radius 1 is 1.11 bits per heavy atom. The van der Waals surface area contributed by atoms with Crippen LogP contribution in [0.2, 0.25) is 0 Å². The lowest BCUT2D eigenvalue weighted by atomic mass is 9.85. The van der Waals surface area contributed by atoms with Gasteiger partial charge in [-0.05, 0) is 56.7 Å². The Hall–Kier alpha value is -3.88. The lowest BCUT2D eigenvalue weighted by molar-refractivity contribution is -0.143. The topological polar surface area (TPSA) is 114 Å². The van der Waals surface area contributed by atoms with Crippen LogP contribution in [0.5, 0.6) is 0 Å². The molecule has 1 aromatic heterocycles. The minimum atomic E-state index is -0.776. The fourth-order valence-electron chi connectivity index (χ4n) is 6.15. The van der Waals surface area contributed by atoms with E-state index in [0.717, 1.165) is 53.5 Å². The zero-order valence-electron chi connectivity index (χ0n) is 22.0. The van der Waals surface area contributed by atoms with Crippen LogP contribution < -0.4 is 10.2 Å². The molecule has 1 aliphatic heterocycles. The normalized spacial score (nSPS) is 22.0. The summed E-state index contributed by atoms with van der Waals surface area (Å²) in [6.45, 7) is 3.49. The standard InChI is InChI=1S/C29H34N4O5/c1-17-12-13-22-23(32(17)29(37)38-3)14-15-24-26(22)31-27(25(30-18(2)34)19-8-5-4-6-9-19)33(24)21-11-7-10-20(16-21)28(35)36/h4-6,8-9,14-15,17,20-21,25H,7,10-13,16H2,1-3H3,(H,30,34)(H,35,36)/t17-,20?,21?,25?/m0/s1. The van der Waals surface area contributed by atoms with Gasteiger partial charge in [-0.25, -0.2) is 9.78 Å². The molecule has 2 amide bonds. The van der Waals surface area contributed by atoms with Crippen LogP contribution in [0.25, 0.3) is 11.0 Å². The van der Waals surface area contributed by atoms with Gasteiger partial charge >= 0.3 is 12.1 Å². The van der Waals surface area contributed by atoms with Crippen molar-refractivity contribution in [2.24, 2.45) is 5.92 Å². The van der Waals surface area contributed by atoms with Crippen molar-refractivity contribution in [2.75, 3.05) is 12.0 Å². The number of carboxylic acid groups (broad SMARTS) is 1. The van der Waals surface area contributed by atoms with Gasteiger partial charge in [0.1, 0.15) is 11.9 Å². The number of aliphatic carboxylic acids is 1. The van der Waals surface area contributed by atoms with E-state index in [1.165, 1.54) is 14.0 Å². The van der Waals surface area contributed by atoms with Gasteiger partial charge in [-0.3, -0.25) is 14.5 Å². The second-order valence-corrected chi connectivity index (χ2v) is 10.4. The Balaban J connectivity index is 1.74. The molecule has 1 fully saturated rings. The highest BCUT2D eigenvalue weighted by atomic mass is 16.5. The third-order valence-electron chi connectivity index (χ3n) is 7.95. The van der Waals surface area contributed by atoms with Crippen molar-refractivity contribution in [1.29, 1.82) is 0 Å². The predicted octanol–water partition coefficient (Wildman–Crippen LogP) is 4.99. The fraction of sp³-hybridized carbons (Fsp3) is 0.448. The number of carboxylic acids is 1. The van der Waals surface area contributed by atoms with Crippen molar-refractivity contribution in [2.45, 2.75) is 70.5 Å². The Labute approximate surface area is 221 Å². The van der Waals surface area contributed by atoms with Crippen LogP contribution in [-0.2, 0) is 20.7 Å². The molecule has 2 aliphatic rings. The van der Waals surface area contributed by atoms with Crippen LogP contribution in [0.4, 0.5) is 10.5 Å². The second kappa shape index (κ2) is 10.5. The second-order valence-electron chi connectivity index (χ2n) is 10.4. The third kappa shape index (κ3) is 4.61. The van der Waals surface area contributed by atoms with Gasteiger partial charge in [-0.15, -0.1) is 0 Å². The maximum absolute atomic E-state index is 12.7. The van der Waals surface area contributed by atoms with Gasteiger partial charge in [0, 0.05) is 24.6 Å². The number of imidazole rings is 1. The molecule has 1 saturated carbocycles. The number of aromatic nitrogens is 2. The van der Waals surface area contributed by atoms with Crippen molar-refractivity contribution < 1.29 is 24.2 Å². The van der Waals surface area contributed by atoms with E-state index in [0.29, 0.717) is 18.7 Å². The van der Waals surface area contributed by atoms with Crippen LogP contribution in [0.15, 0.2) is 42.5 Å². The molecule has 0 radical (unpaired) electrons. The molecule has 2 N–H and O–H groups in total. The average molecular weight is 519 g/mol. The van der Waals surface area contributed by atoms with Gasteiger partial charge in [-0.2, -0.15) is 0 Å². The summed E-state index contributed by atoms with van der Waals surface area (Å²) in [5.41, 5.74) is 4.30. The molecule has 4 atom stereocenters. The van der Waals surface area contributed by atoms with E-state index in [1.807, 2.05) is 49.4 Å². The van der Waals surface area contributed by atoms with Crippen LogP contribution in [0.1, 0.15) is 75.0 Å². The molecular weight excluding hydrogens is 484 g/mol. The minimum absolute atomic E-state index is 0.0138. The van der Waals surface area contributed by atoms with Gasteiger partial charge in [0.2, 0.25) is 5.91 Å². The summed E-state index contributed by atoms with van der Waals surface area (Å²) < 4.78 is 7.24. The van der Waals surface area contributed by atoms with E-state index in [9.17, 15) is 19.5 Å². The summed E-state index contributed by atoms with van der Waals surface area (Å²) in [7, 11) is 1.38. The number of methoxy groups -OCH3 is 1. The number of anilines is 1. The van der Waals surface area contributed by atoms with Gasteiger partial charge in [0.05, 0.1) is 29.7 Å². The van der Waals surface area contributed by atoms with Crippen molar-refractivity contribution in [3.8, 4) is 0 Å². The number of rotatable bonds is 5. The SMILES string of the molecule is COC(=O)N1c2ccc3c(nc(C(NC(C)=O)c4ccccc4)n3C3CCCC(C(=O)O)C3)c2CC[C@@H]1C. The number of carbonyl (C=O) groups excluding carboxylic acids is 2. The van der Waals surface area contributed by atoms with E-state index in [-0.39, 0.29) is 18.0 Å². The first-order valence-electron chi connectivity index (χ1n) is 13.3. The van der Waals surface area contributed by atoms with Gasteiger partial charge < -0.3 is 19.7 Å². The lowest BCUT2D eigenvalue weighted by Crippen LogP contribution is -2.42. The summed E-state index contributed by atoms with van der Waals surface area (Å²) in [5, 5.41) is 12.9. The lowest BCUT2D eigenvalue weighted by Gasteiger charge is -2.34. The summed E-state index contributed by atoms with van der Waals surface area (Å²) in [6.07, 6.45) is 3.88. The van der Waals surface area contributed by atoms with E-state index in [4.69, 9.17) is 9.72 Å². The first kappa shape index (κ1) is 25.8. The van der Waals surface area contributed by atoms with Crippen LogP contribution in [0.3, 0.4) is 0 Å². The highest BCUT2D eigenvalue weighted by molar-refractivity contribution is 5.95. The molecule has 2 aromatic carbocycles. The number of benzene rings is 2. The Bertz CT molecular complexity index is 1370. The maximum atomic E-state index is 12.7. The van der Waals surface area contributed by atoms with Crippen LogP contribution in [-0.4, -0.2) is 45.8 Å². The third-order valence-corrected chi connectivity index (χ3v) is 7.95. The van der Waals surface area contributed by atoms with Crippen molar-refractivity contribution >= 4 is 34.7 Å². The Morgan fingerprint density at radius 3 is 2.55 bits per heavy atom.